The highest BCUT2D eigenvalue weighted by atomic mass is 32.2. The summed E-state index contributed by atoms with van der Waals surface area (Å²) in [5.74, 6) is -0.403. The van der Waals surface area contributed by atoms with Gasteiger partial charge in [-0.05, 0) is 26.3 Å². The van der Waals surface area contributed by atoms with Gasteiger partial charge in [0.25, 0.3) is 0 Å². The molecule has 2 fully saturated rings. The molecule has 2 heterocycles. The van der Waals surface area contributed by atoms with Crippen LogP contribution in [0.2, 0.25) is 0 Å². The highest BCUT2D eigenvalue weighted by Gasteiger charge is 2.51. The summed E-state index contributed by atoms with van der Waals surface area (Å²) in [4.78, 5) is 42.6. The lowest BCUT2D eigenvalue weighted by atomic mass is 9.96. The lowest BCUT2D eigenvalue weighted by Crippen LogP contribution is -2.72. The van der Waals surface area contributed by atoms with Crippen molar-refractivity contribution in [3.05, 3.63) is 35.4 Å². The Bertz CT molecular complexity index is 798. The van der Waals surface area contributed by atoms with E-state index in [-0.39, 0.29) is 35.1 Å². The number of carbonyl (C=O) groups excluding carboxylic acids is 3. The van der Waals surface area contributed by atoms with Gasteiger partial charge < -0.3 is 9.80 Å². The summed E-state index contributed by atoms with van der Waals surface area (Å²) in [6.45, 7) is 7.26. The minimum Gasteiger partial charge on any atom is -0.343 e. The van der Waals surface area contributed by atoms with E-state index in [1.54, 1.807) is 16.8 Å². The first-order chi connectivity index (χ1) is 14.3. The van der Waals surface area contributed by atoms with Crippen LogP contribution in [0.3, 0.4) is 0 Å². The van der Waals surface area contributed by atoms with E-state index in [9.17, 15) is 14.4 Å². The van der Waals surface area contributed by atoms with Gasteiger partial charge in [-0.2, -0.15) is 0 Å². The highest BCUT2D eigenvalue weighted by molar-refractivity contribution is 8.00. The first kappa shape index (κ1) is 22.6. The molecule has 3 rings (SSSR count). The molecule has 2 aliphatic heterocycles. The fourth-order valence-electron chi connectivity index (χ4n) is 3.98. The molecule has 0 bridgehead atoms. The maximum absolute atomic E-state index is 13.0. The van der Waals surface area contributed by atoms with E-state index in [1.807, 2.05) is 45.0 Å². The topological polar surface area (TPSA) is 85.0 Å². The van der Waals surface area contributed by atoms with E-state index in [2.05, 4.69) is 10.6 Å². The first-order valence-corrected chi connectivity index (χ1v) is 11.4. The van der Waals surface area contributed by atoms with Gasteiger partial charge in [0.05, 0.1) is 29.4 Å². The number of nitrogens with one attached hydrogen (secondary N) is 2. The zero-order valence-electron chi connectivity index (χ0n) is 18.2. The summed E-state index contributed by atoms with van der Waals surface area (Å²) in [7, 11) is 3.21. The Labute approximate surface area is 182 Å². The van der Waals surface area contributed by atoms with Crippen molar-refractivity contribution < 1.29 is 14.4 Å². The summed E-state index contributed by atoms with van der Waals surface area (Å²) in [5, 5.41) is 6.61. The summed E-state index contributed by atoms with van der Waals surface area (Å²) >= 11 is 1.43. The molecule has 2 aliphatic rings. The predicted octanol–water partition coefficient (Wildman–Crippen LogP) is 1.58. The Kier molecular flexibility index (Phi) is 7.05. The Morgan fingerprint density at radius 2 is 1.73 bits per heavy atom. The molecule has 2 N–H and O–H groups in total. The second kappa shape index (κ2) is 9.36. The summed E-state index contributed by atoms with van der Waals surface area (Å²) in [6, 6.07) is 7.79. The molecule has 0 aromatic heterocycles. The molecule has 4 amide bonds. The van der Waals surface area contributed by atoms with Gasteiger partial charge in [-0.1, -0.05) is 29.8 Å². The van der Waals surface area contributed by atoms with Crippen molar-refractivity contribution in [1.82, 2.24) is 25.3 Å². The fourth-order valence-corrected chi connectivity index (χ4v) is 5.19. The second-order valence-corrected chi connectivity index (χ2v) is 8.87. The number of thioether (sulfide) groups is 1. The van der Waals surface area contributed by atoms with E-state index in [1.165, 1.54) is 18.8 Å². The molecule has 4 atom stereocenters. The maximum Gasteiger partial charge on any atom is 0.327 e. The molecule has 30 heavy (non-hydrogen) atoms. The van der Waals surface area contributed by atoms with Crippen molar-refractivity contribution in [3.63, 3.8) is 0 Å². The number of amides is 4. The van der Waals surface area contributed by atoms with E-state index < -0.39 is 12.1 Å². The average molecular weight is 434 g/mol. The van der Waals surface area contributed by atoms with Crippen LogP contribution in [0, 0.1) is 12.8 Å². The van der Waals surface area contributed by atoms with Gasteiger partial charge in [0.1, 0.15) is 0 Å². The Hall–Kier alpha value is -2.10. The molecule has 4 unspecified atom stereocenters. The monoisotopic (exact) mass is 433 g/mol. The number of fused-ring (bicyclic) bond motifs is 1. The van der Waals surface area contributed by atoms with Crippen LogP contribution in [0.1, 0.15) is 31.1 Å². The van der Waals surface area contributed by atoms with Gasteiger partial charge in [-0.25, -0.2) is 4.79 Å². The average Bonchev–Trinajstić information content (AvgIpc) is 2.75. The number of urea groups is 1. The first-order valence-electron chi connectivity index (χ1n) is 10.3. The lowest BCUT2D eigenvalue weighted by Gasteiger charge is -2.50. The van der Waals surface area contributed by atoms with Crippen molar-refractivity contribution in [2.75, 3.05) is 32.9 Å². The van der Waals surface area contributed by atoms with Crippen molar-refractivity contribution >= 4 is 29.6 Å². The largest absolute Gasteiger partial charge is 0.343 e. The molecule has 1 aromatic carbocycles. The van der Waals surface area contributed by atoms with Gasteiger partial charge in [-0.3, -0.25) is 25.1 Å². The van der Waals surface area contributed by atoms with Crippen LogP contribution in [0.5, 0.6) is 0 Å². The molecule has 0 saturated carbocycles. The van der Waals surface area contributed by atoms with Crippen LogP contribution < -0.4 is 10.6 Å². The SMILES string of the molecule is CCN(CC)C(=O)CSC1NC(c2ccc(C)cc2)NC2C1C(=O)N(C)C(=O)N2C. The zero-order chi connectivity index (χ0) is 22.0. The number of aryl methyl sites for hydroxylation is 1. The van der Waals surface area contributed by atoms with Crippen LogP contribution >= 0.6 is 11.8 Å². The quantitative estimate of drug-likeness (QED) is 0.709. The molecule has 2 saturated heterocycles. The van der Waals surface area contributed by atoms with Gasteiger partial charge in [0, 0.05) is 27.2 Å². The number of rotatable bonds is 6. The third-order valence-electron chi connectivity index (χ3n) is 5.87. The molecule has 0 radical (unpaired) electrons. The number of nitrogens with zero attached hydrogens (tertiary/aromatic N) is 3. The molecule has 0 spiro atoms. The van der Waals surface area contributed by atoms with E-state index in [0.717, 1.165) is 16.0 Å². The number of carbonyl (C=O) groups is 3. The maximum atomic E-state index is 13.0. The number of hydrogen-bond donors (Lipinski definition) is 2. The molecule has 0 aliphatic carbocycles. The summed E-state index contributed by atoms with van der Waals surface area (Å²) in [6.07, 6.45) is -0.686. The minimum absolute atomic E-state index is 0.0508. The second-order valence-electron chi connectivity index (χ2n) is 7.74. The van der Waals surface area contributed by atoms with E-state index in [0.29, 0.717) is 13.1 Å². The Morgan fingerprint density at radius 3 is 2.33 bits per heavy atom. The summed E-state index contributed by atoms with van der Waals surface area (Å²) in [5.41, 5.74) is 2.18. The zero-order valence-corrected chi connectivity index (χ0v) is 19.0. The molecule has 8 nitrogen and oxygen atoms in total. The lowest BCUT2D eigenvalue weighted by molar-refractivity contribution is -0.140. The molecular formula is C21H31N5O3S. The molecular weight excluding hydrogens is 402 g/mol. The van der Waals surface area contributed by atoms with Gasteiger partial charge in [0.15, 0.2) is 0 Å². The molecule has 164 valence electrons. The van der Waals surface area contributed by atoms with Crippen molar-refractivity contribution in [2.45, 2.75) is 38.5 Å². The van der Waals surface area contributed by atoms with Crippen LogP contribution in [-0.4, -0.2) is 77.0 Å². The minimum atomic E-state index is -0.492. The number of benzene rings is 1. The van der Waals surface area contributed by atoms with Crippen LogP contribution in [-0.2, 0) is 9.59 Å². The van der Waals surface area contributed by atoms with E-state index in [4.69, 9.17) is 0 Å². The van der Waals surface area contributed by atoms with Crippen LogP contribution in [0.15, 0.2) is 24.3 Å². The third-order valence-corrected chi connectivity index (χ3v) is 7.07. The number of hydrogen-bond acceptors (Lipinski definition) is 6. The van der Waals surface area contributed by atoms with Gasteiger partial charge in [0.2, 0.25) is 11.8 Å². The van der Waals surface area contributed by atoms with E-state index >= 15 is 0 Å². The predicted molar refractivity (Wildman–Crippen MR) is 118 cm³/mol. The summed E-state index contributed by atoms with van der Waals surface area (Å²) < 4.78 is 0. The molecule has 9 heteroatoms. The number of imide groups is 1. The normalized spacial score (nSPS) is 26.6. The van der Waals surface area contributed by atoms with Gasteiger partial charge in [-0.15, -0.1) is 11.8 Å². The van der Waals surface area contributed by atoms with Crippen LogP contribution in [0.25, 0.3) is 0 Å². The smallest absolute Gasteiger partial charge is 0.327 e. The van der Waals surface area contributed by atoms with Crippen molar-refractivity contribution in [2.24, 2.45) is 5.92 Å². The molecule has 1 aromatic rings. The Morgan fingerprint density at radius 1 is 1.10 bits per heavy atom. The third kappa shape index (κ3) is 4.33. The standard InChI is InChI=1S/C21H31N5O3S/c1-6-26(7-2)15(27)12-30-19-16-18(24(4)21(29)25(5)20(16)28)22-17(23-19)14-10-8-13(3)9-11-14/h8-11,16-19,22-23H,6-7,12H2,1-5H3. The van der Waals surface area contributed by atoms with Crippen molar-refractivity contribution in [3.8, 4) is 0 Å². The Balaban J connectivity index is 1.86. The highest BCUT2D eigenvalue weighted by Crippen LogP contribution is 2.34. The van der Waals surface area contributed by atoms with Gasteiger partial charge >= 0.3 is 6.03 Å². The van der Waals surface area contributed by atoms with Crippen LogP contribution in [0.4, 0.5) is 4.79 Å². The fraction of sp³-hybridized carbons (Fsp3) is 0.571. The van der Waals surface area contributed by atoms with Crippen molar-refractivity contribution in [1.29, 1.82) is 0 Å².